The van der Waals surface area contributed by atoms with Crippen LogP contribution in [0.5, 0.6) is 11.5 Å². The lowest BCUT2D eigenvalue weighted by Gasteiger charge is -2.12. The third-order valence-electron chi connectivity index (χ3n) is 4.06. The molecule has 0 amide bonds. The number of nitrogens with one attached hydrogen (secondary N) is 1. The monoisotopic (exact) mass is 325 g/mol. The van der Waals surface area contributed by atoms with E-state index in [1.54, 1.807) is 14.2 Å². The lowest BCUT2D eigenvalue weighted by molar-refractivity contribution is 0.399. The lowest BCUT2D eigenvalue weighted by Crippen LogP contribution is -2.02. The Morgan fingerprint density at radius 1 is 1.08 bits per heavy atom. The van der Waals surface area contributed by atoms with Crippen molar-refractivity contribution in [2.75, 3.05) is 19.5 Å². The third kappa shape index (κ3) is 3.30. The summed E-state index contributed by atoms with van der Waals surface area (Å²) in [6.45, 7) is 3.81. The SMILES string of the molecule is CCCn1cnc2cc(NCc3cc(OC)ccc3OC)ccc21. The highest BCUT2D eigenvalue weighted by Crippen LogP contribution is 2.25. The lowest BCUT2D eigenvalue weighted by atomic mass is 10.1. The van der Waals surface area contributed by atoms with Crippen molar-refractivity contribution in [3.05, 3.63) is 48.3 Å². The molecule has 0 unspecified atom stereocenters. The van der Waals surface area contributed by atoms with Crippen molar-refractivity contribution < 1.29 is 9.47 Å². The van der Waals surface area contributed by atoms with E-state index in [1.807, 2.05) is 24.5 Å². The smallest absolute Gasteiger partial charge is 0.124 e. The largest absolute Gasteiger partial charge is 0.497 e. The van der Waals surface area contributed by atoms with Crippen molar-refractivity contribution in [1.82, 2.24) is 9.55 Å². The summed E-state index contributed by atoms with van der Waals surface area (Å²) in [6, 6.07) is 12.1. The molecule has 1 heterocycles. The quantitative estimate of drug-likeness (QED) is 0.711. The maximum Gasteiger partial charge on any atom is 0.124 e. The van der Waals surface area contributed by atoms with E-state index in [4.69, 9.17) is 9.47 Å². The highest BCUT2D eigenvalue weighted by Gasteiger charge is 2.07. The molecule has 126 valence electrons. The number of benzene rings is 2. The molecule has 0 radical (unpaired) electrons. The van der Waals surface area contributed by atoms with Crippen LogP contribution >= 0.6 is 0 Å². The molecule has 5 nitrogen and oxygen atoms in total. The number of imidazole rings is 1. The summed E-state index contributed by atoms with van der Waals surface area (Å²) in [6.07, 6.45) is 3.00. The van der Waals surface area contributed by atoms with E-state index in [9.17, 15) is 0 Å². The Bertz CT molecular complexity index is 827. The Kier molecular flexibility index (Phi) is 4.89. The topological polar surface area (TPSA) is 48.3 Å². The van der Waals surface area contributed by atoms with Crippen LogP contribution in [0.2, 0.25) is 0 Å². The summed E-state index contributed by atoms with van der Waals surface area (Å²) in [7, 11) is 3.34. The Labute approximate surface area is 142 Å². The zero-order valence-corrected chi connectivity index (χ0v) is 14.4. The van der Waals surface area contributed by atoms with Gasteiger partial charge in [-0.25, -0.2) is 4.98 Å². The van der Waals surface area contributed by atoms with Crippen molar-refractivity contribution in [2.45, 2.75) is 26.4 Å². The van der Waals surface area contributed by atoms with Crippen molar-refractivity contribution in [3.63, 3.8) is 0 Å². The first-order valence-electron chi connectivity index (χ1n) is 8.14. The van der Waals surface area contributed by atoms with Gasteiger partial charge in [-0.2, -0.15) is 0 Å². The average Bonchev–Trinajstić information content (AvgIpc) is 3.02. The number of nitrogens with zero attached hydrogens (tertiary/aromatic N) is 2. The molecule has 3 aromatic rings. The Hall–Kier alpha value is -2.69. The van der Waals surface area contributed by atoms with Crippen molar-refractivity contribution in [3.8, 4) is 11.5 Å². The summed E-state index contributed by atoms with van der Waals surface area (Å²) in [5, 5.41) is 3.44. The predicted octanol–water partition coefficient (Wildman–Crippen LogP) is 4.08. The summed E-state index contributed by atoms with van der Waals surface area (Å²) in [5.74, 6) is 1.66. The molecule has 0 spiro atoms. The standard InChI is InChI=1S/C19H23N3O2/c1-4-9-22-13-21-17-11-15(5-7-18(17)22)20-12-14-10-16(23-2)6-8-19(14)24-3/h5-8,10-11,13,20H,4,9,12H2,1-3H3. The maximum absolute atomic E-state index is 5.42. The second kappa shape index (κ2) is 7.25. The Balaban J connectivity index is 1.78. The van der Waals surface area contributed by atoms with Gasteiger partial charge in [-0.1, -0.05) is 6.92 Å². The molecule has 3 rings (SSSR count). The number of aryl methyl sites for hydroxylation is 1. The molecular weight excluding hydrogens is 302 g/mol. The molecule has 0 aliphatic heterocycles. The van der Waals surface area contributed by atoms with Crippen molar-refractivity contribution >= 4 is 16.7 Å². The van der Waals surface area contributed by atoms with Crippen LogP contribution in [0.15, 0.2) is 42.7 Å². The molecule has 1 aromatic heterocycles. The van der Waals surface area contributed by atoms with Crippen LogP contribution in [0.1, 0.15) is 18.9 Å². The van der Waals surface area contributed by atoms with Crippen LogP contribution in [0.3, 0.4) is 0 Å². The van der Waals surface area contributed by atoms with Gasteiger partial charge in [0.2, 0.25) is 0 Å². The summed E-state index contributed by atoms with van der Waals surface area (Å²) >= 11 is 0. The first-order valence-corrected chi connectivity index (χ1v) is 8.14. The molecule has 5 heteroatoms. The van der Waals surface area contributed by atoms with Gasteiger partial charge in [0.05, 0.1) is 31.6 Å². The number of hydrogen-bond acceptors (Lipinski definition) is 4. The minimum Gasteiger partial charge on any atom is -0.497 e. The predicted molar refractivity (Wildman–Crippen MR) is 96.9 cm³/mol. The molecule has 0 atom stereocenters. The zero-order chi connectivity index (χ0) is 16.9. The number of fused-ring (bicyclic) bond motifs is 1. The highest BCUT2D eigenvalue weighted by atomic mass is 16.5. The molecule has 0 saturated heterocycles. The van der Waals surface area contributed by atoms with Crippen LogP contribution in [-0.4, -0.2) is 23.8 Å². The fourth-order valence-corrected chi connectivity index (χ4v) is 2.81. The molecule has 0 saturated carbocycles. The zero-order valence-electron chi connectivity index (χ0n) is 14.4. The van der Waals surface area contributed by atoms with Gasteiger partial charge in [-0.15, -0.1) is 0 Å². The Morgan fingerprint density at radius 2 is 1.96 bits per heavy atom. The molecule has 0 aliphatic rings. The molecule has 0 bridgehead atoms. The fraction of sp³-hybridized carbons (Fsp3) is 0.316. The van der Waals surface area contributed by atoms with Gasteiger partial charge in [0.15, 0.2) is 0 Å². The van der Waals surface area contributed by atoms with Crippen LogP contribution in [0.4, 0.5) is 5.69 Å². The van der Waals surface area contributed by atoms with Crippen molar-refractivity contribution in [1.29, 1.82) is 0 Å². The van der Waals surface area contributed by atoms with Gasteiger partial charge in [-0.05, 0) is 42.8 Å². The number of hydrogen-bond donors (Lipinski definition) is 1. The van der Waals surface area contributed by atoms with E-state index in [-0.39, 0.29) is 0 Å². The van der Waals surface area contributed by atoms with E-state index in [1.165, 1.54) is 5.52 Å². The van der Waals surface area contributed by atoms with E-state index in [0.29, 0.717) is 6.54 Å². The van der Waals surface area contributed by atoms with Gasteiger partial charge in [-0.3, -0.25) is 0 Å². The molecular formula is C19H23N3O2. The molecule has 0 fully saturated rings. The van der Waals surface area contributed by atoms with Gasteiger partial charge < -0.3 is 19.4 Å². The Morgan fingerprint density at radius 3 is 2.71 bits per heavy atom. The van der Waals surface area contributed by atoms with Crippen LogP contribution < -0.4 is 14.8 Å². The molecule has 2 aromatic carbocycles. The van der Waals surface area contributed by atoms with Crippen LogP contribution in [-0.2, 0) is 13.1 Å². The van der Waals surface area contributed by atoms with Crippen LogP contribution in [0, 0.1) is 0 Å². The molecule has 0 aliphatic carbocycles. The number of aromatic nitrogens is 2. The van der Waals surface area contributed by atoms with E-state index in [2.05, 4.69) is 40.0 Å². The second-order valence-corrected chi connectivity index (χ2v) is 5.67. The minimum absolute atomic E-state index is 0.654. The van der Waals surface area contributed by atoms with Gasteiger partial charge in [0.1, 0.15) is 11.5 Å². The molecule has 24 heavy (non-hydrogen) atoms. The normalized spacial score (nSPS) is 10.8. The third-order valence-corrected chi connectivity index (χ3v) is 4.06. The van der Waals surface area contributed by atoms with Gasteiger partial charge in [0, 0.05) is 24.3 Å². The molecule has 1 N–H and O–H groups in total. The second-order valence-electron chi connectivity index (χ2n) is 5.67. The van der Waals surface area contributed by atoms with Gasteiger partial charge in [0.25, 0.3) is 0 Å². The number of anilines is 1. The highest BCUT2D eigenvalue weighted by molar-refractivity contribution is 5.79. The number of ether oxygens (including phenoxy) is 2. The van der Waals surface area contributed by atoms with E-state index < -0.39 is 0 Å². The maximum atomic E-state index is 5.42. The first kappa shape index (κ1) is 16.2. The van der Waals surface area contributed by atoms with Crippen molar-refractivity contribution in [2.24, 2.45) is 0 Å². The summed E-state index contributed by atoms with van der Waals surface area (Å²) < 4.78 is 12.9. The average molecular weight is 325 g/mol. The number of methoxy groups -OCH3 is 2. The number of rotatable bonds is 7. The van der Waals surface area contributed by atoms with E-state index in [0.717, 1.165) is 41.2 Å². The van der Waals surface area contributed by atoms with Gasteiger partial charge >= 0.3 is 0 Å². The van der Waals surface area contributed by atoms with E-state index >= 15 is 0 Å². The van der Waals surface area contributed by atoms with Crippen LogP contribution in [0.25, 0.3) is 11.0 Å². The minimum atomic E-state index is 0.654. The summed E-state index contributed by atoms with van der Waals surface area (Å²) in [4.78, 5) is 4.49. The first-order chi connectivity index (χ1) is 11.7. The fourth-order valence-electron chi connectivity index (χ4n) is 2.81. The summed E-state index contributed by atoms with van der Waals surface area (Å²) in [5.41, 5.74) is 4.26.